The number of aliphatic hydroxyl groups excluding tert-OH is 1. The van der Waals surface area contributed by atoms with E-state index in [0.717, 1.165) is 18.9 Å². The summed E-state index contributed by atoms with van der Waals surface area (Å²) in [6.45, 7) is 0.669. The molecule has 2 aliphatic heterocycles. The first-order chi connectivity index (χ1) is 36.5. The maximum atomic E-state index is 11.6. The van der Waals surface area contributed by atoms with Gasteiger partial charge in [-0.15, -0.1) is 11.8 Å². The van der Waals surface area contributed by atoms with Gasteiger partial charge in [0.15, 0.2) is 33.5 Å². The quantitative estimate of drug-likeness (QED) is 0.0244. The summed E-state index contributed by atoms with van der Waals surface area (Å²) >= 11 is 1.60. The van der Waals surface area contributed by atoms with Crippen LogP contribution in [0.25, 0.3) is 33.5 Å². The van der Waals surface area contributed by atoms with E-state index >= 15 is 0 Å². The molecule has 0 aromatic carbocycles. The Labute approximate surface area is 431 Å². The van der Waals surface area contributed by atoms with Gasteiger partial charge in [0.25, 0.3) is 16.7 Å². The summed E-state index contributed by atoms with van der Waals surface area (Å²) in [5.74, 6) is 0.902. The van der Waals surface area contributed by atoms with Crippen LogP contribution < -0.4 is 45.3 Å². The number of imidazole rings is 3. The third kappa shape index (κ3) is 16.2. The van der Waals surface area contributed by atoms with E-state index in [1.165, 1.54) is 32.7 Å². The Morgan fingerprint density at radius 1 is 0.789 bits per heavy atom. The number of anilines is 4. The van der Waals surface area contributed by atoms with E-state index in [0.29, 0.717) is 74.2 Å². The molecule has 0 saturated carbocycles. The molecule has 410 valence electrons. The van der Waals surface area contributed by atoms with Crippen molar-refractivity contribution >= 4 is 95.4 Å². The topological polar surface area (TPSA) is 485 Å². The fourth-order valence-electron chi connectivity index (χ4n) is 6.86. The molecular formula is C41H55N18O15PS. The summed E-state index contributed by atoms with van der Waals surface area (Å²) in [6, 6.07) is 1.56. The second-order valence-corrected chi connectivity index (χ2v) is 19.4. The molecule has 0 amide bonds. The summed E-state index contributed by atoms with van der Waals surface area (Å²) in [5, 5.41) is 9.13. The molecule has 9 rings (SSSR count). The number of carbonyl (C=O) groups excluding carboxylic acids is 3. The lowest BCUT2D eigenvalue weighted by molar-refractivity contribution is -0.109. The Balaban J connectivity index is 0.000000165. The molecule has 13 N–H and O–H groups in total. The minimum absolute atomic E-state index is 0.00327. The average molecular weight is 1100 g/mol. The standard InChI is InChI=1S/C11H15N5O4.C10H14N5O5P.C10H13N5O3.C10H13N3O3S/c12-11-14-9-8(10(19)15-11)13-5-16(9)6-20-7(4-18)2-1-3-17;11-10-13-8-7(9(16)14-10)12-4-15(8)5-19-6-1-2-21(17,18)20-3-6;11-10-13-8-7(9(17)14-10)12-5-15(8)6-18-4-2-1-3-16;11-7-3-4-13(10(15)12-7)8-6-17-9(16-8)2-1-5-14/h3,5,7,18H,1-2,4,6H2,(H3,12,14,15,19);4,6H,1-3,5H2,(H,17,18)(H3,11,13,14,16);3,5H,1-2,4,6H2,(H3,11,13,14,17);3-5,8-9H,1-2,6H2,(H2,11,12,15)/t7-;;;8-,9+/m1..1/s1. The molecule has 0 aliphatic carbocycles. The van der Waals surface area contributed by atoms with Crippen LogP contribution in [0.15, 0.2) is 50.4 Å². The van der Waals surface area contributed by atoms with E-state index in [9.17, 15) is 43.0 Å². The van der Waals surface area contributed by atoms with Gasteiger partial charge < -0.3 is 70.8 Å². The van der Waals surface area contributed by atoms with E-state index < -0.39 is 30.5 Å². The first-order valence-corrected chi connectivity index (χ1v) is 25.8. The second kappa shape index (κ2) is 27.8. The molecule has 0 bridgehead atoms. The number of carbonyl (C=O) groups is 3. The molecule has 0 spiro atoms. The molecule has 76 heavy (non-hydrogen) atoms. The van der Waals surface area contributed by atoms with E-state index in [1.54, 1.807) is 28.6 Å². The predicted molar refractivity (Wildman–Crippen MR) is 271 cm³/mol. The fourth-order valence-corrected chi connectivity index (χ4v) is 9.13. The highest BCUT2D eigenvalue weighted by atomic mass is 32.2. The number of unbranched alkanes of at least 4 members (excludes halogenated alkanes) is 1. The van der Waals surface area contributed by atoms with Crippen molar-refractivity contribution in [3.63, 3.8) is 0 Å². The Morgan fingerprint density at radius 2 is 1.34 bits per heavy atom. The largest absolute Gasteiger partial charge is 0.394 e. The zero-order valence-electron chi connectivity index (χ0n) is 40.3. The lowest BCUT2D eigenvalue weighted by Crippen LogP contribution is -2.28. The van der Waals surface area contributed by atoms with Crippen molar-refractivity contribution in [1.29, 1.82) is 0 Å². The zero-order valence-corrected chi connectivity index (χ0v) is 42.0. The number of fused-ring (bicyclic) bond motifs is 3. The molecule has 2 fully saturated rings. The van der Waals surface area contributed by atoms with Gasteiger partial charge in [-0.1, -0.05) is 0 Å². The highest BCUT2D eigenvalue weighted by molar-refractivity contribution is 8.00. The summed E-state index contributed by atoms with van der Waals surface area (Å²) < 4.78 is 44.2. The first kappa shape index (κ1) is 57.7. The molecule has 7 aromatic rings. The number of hydrogen-bond acceptors (Lipinski definition) is 26. The van der Waals surface area contributed by atoms with Gasteiger partial charge in [-0.3, -0.25) is 52.2 Å². The third-order valence-electron chi connectivity index (χ3n) is 10.6. The molecule has 0 radical (unpaired) electrons. The van der Waals surface area contributed by atoms with Crippen LogP contribution in [0.2, 0.25) is 0 Å². The van der Waals surface area contributed by atoms with Crippen molar-refractivity contribution in [2.24, 2.45) is 0 Å². The molecule has 5 atom stereocenters. The third-order valence-corrected chi connectivity index (χ3v) is 13.2. The normalized spacial score (nSPS) is 18.5. The van der Waals surface area contributed by atoms with Crippen LogP contribution in [0.5, 0.6) is 0 Å². The lowest BCUT2D eigenvalue weighted by Gasteiger charge is -2.25. The summed E-state index contributed by atoms with van der Waals surface area (Å²) in [7, 11) is -3.43. The molecule has 2 aliphatic rings. The molecule has 7 aromatic heterocycles. The van der Waals surface area contributed by atoms with Crippen LogP contribution in [-0.2, 0) is 62.6 Å². The molecule has 9 heterocycles. The molecule has 2 unspecified atom stereocenters. The number of H-pyrrole nitrogens is 3. The molecule has 33 nitrogen and oxygen atoms in total. The summed E-state index contributed by atoms with van der Waals surface area (Å²) in [4.78, 5) is 121. The van der Waals surface area contributed by atoms with E-state index in [1.807, 2.05) is 0 Å². The van der Waals surface area contributed by atoms with Gasteiger partial charge in [0, 0.05) is 37.8 Å². The number of rotatable bonds is 20. The molecule has 2 saturated heterocycles. The van der Waals surface area contributed by atoms with Crippen LogP contribution in [0.4, 0.5) is 23.7 Å². The minimum Gasteiger partial charge on any atom is -0.394 e. The Hall–Kier alpha value is -7.56. The number of aromatic amines is 3. The van der Waals surface area contributed by atoms with Crippen LogP contribution in [0.3, 0.4) is 0 Å². The van der Waals surface area contributed by atoms with Gasteiger partial charge in [-0.05, 0) is 31.7 Å². The number of aldehydes is 3. The molecular weight excluding hydrogens is 1050 g/mol. The van der Waals surface area contributed by atoms with Crippen LogP contribution in [0.1, 0.15) is 51.2 Å². The minimum atomic E-state index is -3.43. The van der Waals surface area contributed by atoms with Crippen molar-refractivity contribution in [3.05, 3.63) is 72.8 Å². The van der Waals surface area contributed by atoms with E-state index in [-0.39, 0.29) is 103 Å². The smallest absolute Gasteiger partial charge is 0.351 e. The van der Waals surface area contributed by atoms with Gasteiger partial charge >= 0.3 is 13.3 Å². The van der Waals surface area contributed by atoms with Crippen molar-refractivity contribution in [3.8, 4) is 0 Å². The van der Waals surface area contributed by atoms with E-state index in [2.05, 4.69) is 49.8 Å². The zero-order chi connectivity index (χ0) is 54.8. The van der Waals surface area contributed by atoms with Crippen molar-refractivity contribution in [2.45, 2.75) is 89.0 Å². The maximum Gasteiger partial charge on any atom is 0.351 e. The number of aliphatic hydroxyl groups is 1. The number of thioether (sulfide) groups is 1. The number of nitrogens with two attached hydrogens (primary N) is 4. The highest BCUT2D eigenvalue weighted by Gasteiger charge is 2.30. The van der Waals surface area contributed by atoms with Gasteiger partial charge in [0.1, 0.15) is 56.5 Å². The van der Waals surface area contributed by atoms with E-state index in [4.69, 9.17) is 51.5 Å². The lowest BCUT2D eigenvalue weighted by atomic mass is 10.2. The van der Waals surface area contributed by atoms with Gasteiger partial charge in [-0.25, -0.2) is 19.7 Å². The van der Waals surface area contributed by atoms with Crippen LogP contribution >= 0.6 is 19.4 Å². The van der Waals surface area contributed by atoms with Gasteiger partial charge in [-0.2, -0.15) is 19.9 Å². The Kier molecular flexibility index (Phi) is 21.1. The van der Waals surface area contributed by atoms with Gasteiger partial charge in [0.05, 0.1) is 50.6 Å². The number of nitrogen functional groups attached to an aromatic ring is 4. The fraction of sp³-hybridized carbons (Fsp3) is 0.463. The number of hydrogen-bond donors (Lipinski definition) is 9. The van der Waals surface area contributed by atoms with Crippen molar-refractivity contribution < 1.29 is 52.4 Å². The predicted octanol–water partition coefficient (Wildman–Crippen LogP) is -1.29. The van der Waals surface area contributed by atoms with Crippen molar-refractivity contribution in [2.75, 3.05) is 54.7 Å². The van der Waals surface area contributed by atoms with Gasteiger partial charge in [0.2, 0.25) is 17.8 Å². The number of aromatic nitrogens is 14. The second-order valence-electron chi connectivity index (χ2n) is 16.2. The number of ether oxygens (including phenoxy) is 4. The number of nitrogens with one attached hydrogen (secondary N) is 3. The monoisotopic (exact) mass is 1100 g/mol. The van der Waals surface area contributed by atoms with Crippen LogP contribution in [0, 0.1) is 0 Å². The highest BCUT2D eigenvalue weighted by Crippen LogP contribution is 2.46. The SMILES string of the molecule is Nc1ccn([C@H]2CS[C@@H](CCC=O)O2)c(=O)n1.Nc1nc2c(ncn2COC2CCP(=O)(O)OC2)c(=O)[nH]1.Nc1nc2c(ncn2COCCCC=O)c(=O)[nH]1.Nc1nc2c(ncn2CO[C@@H](CO)CCC=O)c(=O)[nH]1. The molecule has 35 heteroatoms. The average Bonchev–Trinajstić information content (AvgIpc) is 4.21. The first-order valence-electron chi connectivity index (χ1n) is 23.0. The Morgan fingerprint density at radius 3 is 1.86 bits per heavy atom. The summed E-state index contributed by atoms with van der Waals surface area (Å²) in [5.41, 5.74) is 21.7. The summed E-state index contributed by atoms with van der Waals surface area (Å²) in [6.07, 6.45) is 10.8. The van der Waals surface area contributed by atoms with Crippen LogP contribution in [-0.4, -0.2) is 146 Å². The Bertz CT molecular complexity index is 3350. The maximum absolute atomic E-state index is 11.6. The number of nitrogens with zero attached hydrogens (tertiary/aromatic N) is 11. The van der Waals surface area contributed by atoms with Crippen molar-refractivity contribution in [1.82, 2.24) is 68.1 Å².